The molecule has 1 N–H and O–H groups in total. The molecule has 2 rings (SSSR count). The second-order valence-corrected chi connectivity index (χ2v) is 8.60. The molecule has 0 saturated carbocycles. The molecule has 0 radical (unpaired) electrons. The van der Waals surface area contributed by atoms with Crippen LogP contribution in [0, 0.1) is 0 Å². The third kappa shape index (κ3) is 9.36. The van der Waals surface area contributed by atoms with Gasteiger partial charge in [0.25, 0.3) is 10.1 Å². The molecule has 0 saturated heterocycles. The van der Waals surface area contributed by atoms with Gasteiger partial charge in [0.2, 0.25) is 0 Å². The molecule has 0 heterocycles. The third-order valence-corrected chi connectivity index (χ3v) is 5.26. The summed E-state index contributed by atoms with van der Waals surface area (Å²) in [7, 11) is -4.94. The van der Waals surface area contributed by atoms with E-state index in [1.807, 2.05) is 0 Å². The Morgan fingerprint density at radius 2 is 1.47 bits per heavy atom. The van der Waals surface area contributed by atoms with Crippen LogP contribution >= 0.6 is 0 Å². The van der Waals surface area contributed by atoms with Crippen LogP contribution in [0.1, 0.15) is 57.1 Å². The SMILES string of the molecule is CC(C)c1ccc2ccccc2c1C(C)C.O=C([O-])CC(C(=O)[O-])S(=O)(=O)O.[Na+].[Na+]. The largest absolute Gasteiger partial charge is 1.00 e. The van der Waals surface area contributed by atoms with Crippen molar-refractivity contribution in [3.05, 3.63) is 47.5 Å². The van der Waals surface area contributed by atoms with Crippen molar-refractivity contribution in [1.29, 1.82) is 0 Å². The Hall–Kier alpha value is -0.450. The number of hydrogen-bond acceptors (Lipinski definition) is 6. The zero-order chi connectivity index (χ0) is 21.6. The maximum atomic E-state index is 10.2. The number of hydrogen-bond donors (Lipinski definition) is 1. The average Bonchev–Trinajstić information content (AvgIpc) is 2.57. The van der Waals surface area contributed by atoms with Gasteiger partial charge >= 0.3 is 59.1 Å². The zero-order valence-corrected chi connectivity index (χ0v) is 23.0. The maximum absolute atomic E-state index is 10.2. The van der Waals surface area contributed by atoms with Crippen LogP contribution in [0.3, 0.4) is 0 Å². The van der Waals surface area contributed by atoms with Gasteiger partial charge in [-0.25, -0.2) is 0 Å². The molecule has 7 nitrogen and oxygen atoms in total. The molecule has 0 aliphatic carbocycles. The fraction of sp³-hybridized carbons (Fsp3) is 0.400. The number of aliphatic carboxylic acids is 2. The van der Waals surface area contributed by atoms with E-state index in [4.69, 9.17) is 4.55 Å². The first kappa shape index (κ1) is 31.7. The van der Waals surface area contributed by atoms with Gasteiger partial charge in [0.05, 0.1) is 5.97 Å². The predicted molar refractivity (Wildman–Crippen MR) is 102 cm³/mol. The average molecular weight is 454 g/mol. The first-order valence-corrected chi connectivity index (χ1v) is 10.2. The fourth-order valence-corrected chi connectivity index (χ4v) is 3.51. The minimum absolute atomic E-state index is 0. The molecule has 1 atom stereocenters. The molecule has 0 aliphatic heterocycles. The zero-order valence-electron chi connectivity index (χ0n) is 18.2. The van der Waals surface area contributed by atoms with E-state index in [-0.39, 0.29) is 59.1 Å². The van der Waals surface area contributed by atoms with Gasteiger partial charge in [0.1, 0.15) is 5.25 Å². The van der Waals surface area contributed by atoms with Gasteiger partial charge in [-0.3, -0.25) is 4.55 Å². The van der Waals surface area contributed by atoms with Gasteiger partial charge in [0.15, 0.2) is 0 Å². The van der Waals surface area contributed by atoms with E-state index in [9.17, 15) is 28.2 Å². The molecule has 10 heteroatoms. The van der Waals surface area contributed by atoms with Crippen LogP contribution in [-0.4, -0.2) is 30.2 Å². The molecular formula is C20H24Na2O7S. The van der Waals surface area contributed by atoms with E-state index in [0.29, 0.717) is 11.8 Å². The molecule has 2 aromatic rings. The summed E-state index contributed by atoms with van der Waals surface area (Å²) < 4.78 is 28.5. The second-order valence-electron chi connectivity index (χ2n) is 7.00. The molecule has 154 valence electrons. The van der Waals surface area contributed by atoms with Crippen molar-refractivity contribution in [1.82, 2.24) is 0 Å². The van der Waals surface area contributed by atoms with Crippen LogP contribution in [0.2, 0.25) is 0 Å². The van der Waals surface area contributed by atoms with Crippen molar-refractivity contribution >= 4 is 32.8 Å². The Morgan fingerprint density at radius 1 is 0.933 bits per heavy atom. The Balaban J connectivity index is 0. The Bertz CT molecular complexity index is 957. The van der Waals surface area contributed by atoms with Crippen LogP contribution in [0.5, 0.6) is 0 Å². The number of benzene rings is 2. The Morgan fingerprint density at radius 3 is 1.83 bits per heavy atom. The van der Waals surface area contributed by atoms with Gasteiger partial charge < -0.3 is 19.8 Å². The molecule has 0 aromatic heterocycles. The maximum Gasteiger partial charge on any atom is 1.00 e. The second kappa shape index (κ2) is 13.9. The predicted octanol–water partition coefficient (Wildman–Crippen LogP) is -4.77. The molecule has 30 heavy (non-hydrogen) atoms. The molecule has 0 aliphatic rings. The summed E-state index contributed by atoms with van der Waals surface area (Å²) in [6.45, 7) is 9.12. The monoisotopic (exact) mass is 454 g/mol. The number of fused-ring (bicyclic) bond motifs is 1. The van der Waals surface area contributed by atoms with E-state index >= 15 is 0 Å². The first-order valence-electron chi connectivity index (χ1n) is 8.74. The minimum atomic E-state index is -4.94. The van der Waals surface area contributed by atoms with E-state index in [0.717, 1.165) is 0 Å². The Kier molecular flexibility index (Phi) is 14.7. The van der Waals surface area contributed by atoms with Gasteiger partial charge in [-0.1, -0.05) is 64.1 Å². The molecule has 0 bridgehead atoms. The molecule has 2 aromatic carbocycles. The minimum Gasteiger partial charge on any atom is -0.550 e. The van der Waals surface area contributed by atoms with Crippen molar-refractivity contribution in [2.45, 2.75) is 51.2 Å². The standard InChI is InChI=1S/C16H20.C4H6O7S.2Na/c1-11(2)14-10-9-13-7-5-6-8-15(13)16(14)12(3)4;5-3(6)1-2(4(7)8)12(9,10)11;;/h5-12H,1-4H3;2H,1H2,(H,5,6)(H,7,8)(H,9,10,11);;/q;;2*+1/p-2. The smallest absolute Gasteiger partial charge is 0.550 e. The Labute approximate surface area is 221 Å². The number of carboxylic acids is 2. The van der Waals surface area contributed by atoms with E-state index in [1.54, 1.807) is 0 Å². The van der Waals surface area contributed by atoms with Crippen molar-refractivity contribution in [2.24, 2.45) is 0 Å². The van der Waals surface area contributed by atoms with Gasteiger partial charge in [0, 0.05) is 12.4 Å². The van der Waals surface area contributed by atoms with Crippen molar-refractivity contribution < 1.29 is 91.9 Å². The van der Waals surface area contributed by atoms with Crippen LogP contribution < -0.4 is 69.3 Å². The summed E-state index contributed by atoms with van der Waals surface area (Å²) in [5, 5.41) is 20.0. The van der Waals surface area contributed by atoms with E-state index < -0.39 is 33.7 Å². The normalized spacial score (nSPS) is 11.7. The molecular weight excluding hydrogens is 430 g/mol. The summed E-state index contributed by atoms with van der Waals surface area (Å²) in [6, 6.07) is 13.2. The molecule has 1 unspecified atom stereocenters. The van der Waals surface area contributed by atoms with E-state index in [1.165, 1.54) is 21.9 Å². The van der Waals surface area contributed by atoms with Crippen LogP contribution in [0.25, 0.3) is 10.8 Å². The van der Waals surface area contributed by atoms with Crippen LogP contribution in [-0.2, 0) is 19.7 Å². The van der Waals surface area contributed by atoms with Crippen LogP contribution in [0.15, 0.2) is 36.4 Å². The number of carboxylic acid groups (broad SMARTS) is 2. The third-order valence-electron chi connectivity index (χ3n) is 4.18. The van der Waals surface area contributed by atoms with Crippen LogP contribution in [0.4, 0.5) is 0 Å². The fourth-order valence-electron chi connectivity index (χ4n) is 2.92. The van der Waals surface area contributed by atoms with Crippen molar-refractivity contribution in [3.63, 3.8) is 0 Å². The van der Waals surface area contributed by atoms with Gasteiger partial charge in [-0.05, 0) is 33.7 Å². The van der Waals surface area contributed by atoms with E-state index in [2.05, 4.69) is 64.1 Å². The van der Waals surface area contributed by atoms with Gasteiger partial charge in [-0.2, -0.15) is 8.42 Å². The molecule has 0 spiro atoms. The summed E-state index contributed by atoms with van der Waals surface area (Å²) in [5.41, 5.74) is 3.02. The van der Waals surface area contributed by atoms with Crippen molar-refractivity contribution in [2.75, 3.05) is 0 Å². The molecule has 0 fully saturated rings. The number of rotatable bonds is 6. The molecule has 0 amide bonds. The summed E-state index contributed by atoms with van der Waals surface area (Å²) in [5.74, 6) is -2.89. The van der Waals surface area contributed by atoms with Gasteiger partial charge in [-0.15, -0.1) is 0 Å². The summed E-state index contributed by atoms with van der Waals surface area (Å²) in [6.07, 6.45) is -1.33. The summed E-state index contributed by atoms with van der Waals surface area (Å²) >= 11 is 0. The van der Waals surface area contributed by atoms with Crippen molar-refractivity contribution in [3.8, 4) is 0 Å². The topological polar surface area (TPSA) is 135 Å². The first-order chi connectivity index (χ1) is 12.9. The number of carbonyl (C=O) groups excluding carboxylic acids is 2. The summed E-state index contributed by atoms with van der Waals surface area (Å²) in [4.78, 5) is 19.7. The number of carbonyl (C=O) groups is 2. The quantitative estimate of drug-likeness (QED) is 0.342.